The quantitative estimate of drug-likeness (QED) is 0.453. The minimum absolute atomic E-state index is 0.000132. The summed E-state index contributed by atoms with van der Waals surface area (Å²) in [4.78, 5) is 25.8. The third-order valence-electron chi connectivity index (χ3n) is 5.95. The number of carbonyl (C=O) groups excluding carboxylic acids is 1. The van der Waals surface area contributed by atoms with Gasteiger partial charge in [0.1, 0.15) is 24.2 Å². The van der Waals surface area contributed by atoms with E-state index in [0.29, 0.717) is 25.1 Å². The second kappa shape index (κ2) is 8.35. The Bertz CT molecular complexity index is 1330. The molecule has 166 valence electrons. The van der Waals surface area contributed by atoms with Gasteiger partial charge < -0.3 is 15.2 Å². The fraction of sp³-hybridized carbons (Fsp3) is 0.261. The molecule has 2 N–H and O–H groups in total. The van der Waals surface area contributed by atoms with Crippen molar-refractivity contribution in [3.63, 3.8) is 0 Å². The lowest BCUT2D eigenvalue weighted by atomic mass is 9.86. The number of H-pyrrole nitrogens is 1. The molecule has 0 spiro atoms. The van der Waals surface area contributed by atoms with Crippen LogP contribution in [0.1, 0.15) is 16.8 Å². The van der Waals surface area contributed by atoms with Crippen LogP contribution in [0.25, 0.3) is 22.3 Å². The molecule has 10 heteroatoms. The summed E-state index contributed by atoms with van der Waals surface area (Å²) >= 11 is 0. The van der Waals surface area contributed by atoms with Crippen LogP contribution in [-0.4, -0.2) is 56.9 Å². The Morgan fingerprint density at radius 1 is 1.24 bits per heavy atom. The van der Waals surface area contributed by atoms with Crippen molar-refractivity contribution in [2.24, 2.45) is 0 Å². The van der Waals surface area contributed by atoms with Crippen molar-refractivity contribution in [2.75, 3.05) is 31.2 Å². The molecule has 0 bridgehead atoms. The first-order valence-electron chi connectivity index (χ1n) is 10.5. The van der Waals surface area contributed by atoms with Gasteiger partial charge in [0.05, 0.1) is 24.4 Å². The number of hydrogen-bond donors (Lipinski definition) is 2. The lowest BCUT2D eigenvalue weighted by Crippen LogP contribution is -2.63. The molecule has 1 saturated heterocycles. The zero-order chi connectivity index (χ0) is 22.8. The molecule has 1 aromatic carbocycles. The van der Waals surface area contributed by atoms with E-state index in [4.69, 9.17) is 0 Å². The van der Waals surface area contributed by atoms with E-state index in [1.54, 1.807) is 18.3 Å². The van der Waals surface area contributed by atoms with Gasteiger partial charge in [-0.1, -0.05) is 0 Å². The van der Waals surface area contributed by atoms with Crippen molar-refractivity contribution in [2.45, 2.75) is 12.0 Å². The lowest BCUT2D eigenvalue weighted by Gasteiger charge is -2.50. The van der Waals surface area contributed by atoms with Crippen LogP contribution in [0.5, 0.6) is 0 Å². The number of aromatic nitrogens is 5. The normalized spacial score (nSPS) is 14.6. The Balaban J connectivity index is 1.34. The maximum Gasteiger partial charge on any atom is 0.251 e. The van der Waals surface area contributed by atoms with Crippen LogP contribution in [0.15, 0.2) is 55.2 Å². The molecule has 5 rings (SSSR count). The summed E-state index contributed by atoms with van der Waals surface area (Å²) in [5.74, 6) is -0.299. The number of alkyl halides is 1. The Morgan fingerprint density at radius 3 is 2.82 bits per heavy atom. The second-order valence-electron chi connectivity index (χ2n) is 8.04. The fourth-order valence-corrected chi connectivity index (χ4v) is 4.23. The molecule has 0 saturated carbocycles. The predicted octanol–water partition coefficient (Wildman–Crippen LogP) is 2.65. The number of anilines is 1. The molecule has 0 unspecified atom stereocenters. The van der Waals surface area contributed by atoms with Gasteiger partial charge >= 0.3 is 0 Å². The zero-order valence-corrected chi connectivity index (χ0v) is 17.7. The number of hydrogen-bond acceptors (Lipinski definition) is 6. The summed E-state index contributed by atoms with van der Waals surface area (Å²) in [6.45, 7) is 0.623. The maximum atomic E-state index is 12.3. The number of nitrogens with one attached hydrogen (secondary N) is 2. The van der Waals surface area contributed by atoms with Crippen LogP contribution < -0.4 is 10.2 Å². The van der Waals surface area contributed by atoms with Gasteiger partial charge in [-0.15, -0.1) is 0 Å². The van der Waals surface area contributed by atoms with E-state index in [-0.39, 0.29) is 12.5 Å². The van der Waals surface area contributed by atoms with Crippen LogP contribution in [0.3, 0.4) is 0 Å². The number of nitrogens with zero attached hydrogens (tertiary/aromatic N) is 6. The zero-order valence-electron chi connectivity index (χ0n) is 17.7. The molecule has 1 fully saturated rings. The van der Waals surface area contributed by atoms with E-state index in [0.717, 1.165) is 28.0 Å². The van der Waals surface area contributed by atoms with Gasteiger partial charge in [-0.2, -0.15) is 10.4 Å². The highest BCUT2D eigenvalue weighted by atomic mass is 19.1. The third kappa shape index (κ3) is 3.67. The minimum atomic E-state index is -0.596. The topological polar surface area (TPSA) is 116 Å². The van der Waals surface area contributed by atoms with E-state index in [1.165, 1.54) is 6.33 Å². The molecule has 0 atom stereocenters. The van der Waals surface area contributed by atoms with Gasteiger partial charge in [-0.25, -0.2) is 14.4 Å². The molecular formula is C23H21FN8O. The van der Waals surface area contributed by atoms with Crippen LogP contribution in [-0.2, 0) is 5.54 Å². The highest BCUT2D eigenvalue weighted by molar-refractivity contribution is 5.94. The van der Waals surface area contributed by atoms with E-state index >= 15 is 0 Å². The first-order chi connectivity index (χ1) is 16.1. The number of rotatable bonds is 7. The molecule has 1 amide bonds. The molecule has 9 nitrogen and oxygen atoms in total. The number of nitriles is 1. The first-order valence-corrected chi connectivity index (χ1v) is 10.5. The van der Waals surface area contributed by atoms with Gasteiger partial charge in [0.25, 0.3) is 5.91 Å². The third-order valence-corrected chi connectivity index (χ3v) is 5.95. The van der Waals surface area contributed by atoms with Gasteiger partial charge in [-0.3, -0.25) is 9.48 Å². The molecule has 0 radical (unpaired) electrons. The number of carbonyl (C=O) groups is 1. The highest BCUT2D eigenvalue weighted by Gasteiger charge is 2.45. The van der Waals surface area contributed by atoms with Crippen molar-refractivity contribution in [3.05, 3.63) is 60.8 Å². The van der Waals surface area contributed by atoms with Crippen LogP contribution in [0.4, 0.5) is 10.1 Å². The average molecular weight is 444 g/mol. The van der Waals surface area contributed by atoms with Crippen molar-refractivity contribution >= 4 is 22.6 Å². The molecular weight excluding hydrogens is 423 g/mol. The summed E-state index contributed by atoms with van der Waals surface area (Å²) < 4.78 is 14.1. The molecule has 4 heterocycles. The highest BCUT2D eigenvalue weighted by Crippen LogP contribution is 2.37. The number of benzene rings is 1. The van der Waals surface area contributed by atoms with E-state index < -0.39 is 12.2 Å². The molecule has 3 aromatic heterocycles. The van der Waals surface area contributed by atoms with Gasteiger partial charge in [-0.05, 0) is 30.3 Å². The largest absolute Gasteiger partial charge is 0.366 e. The van der Waals surface area contributed by atoms with Crippen LogP contribution >= 0.6 is 0 Å². The fourth-order valence-electron chi connectivity index (χ4n) is 4.23. The Morgan fingerprint density at radius 2 is 2.06 bits per heavy atom. The van der Waals surface area contributed by atoms with Crippen LogP contribution in [0, 0.1) is 11.3 Å². The van der Waals surface area contributed by atoms with Crippen molar-refractivity contribution < 1.29 is 9.18 Å². The molecule has 1 aliphatic rings. The summed E-state index contributed by atoms with van der Waals surface area (Å²) in [5, 5.41) is 17.5. The van der Waals surface area contributed by atoms with Crippen molar-refractivity contribution in [1.29, 1.82) is 5.26 Å². The summed E-state index contributed by atoms with van der Waals surface area (Å²) in [6.07, 6.45) is 7.36. The summed E-state index contributed by atoms with van der Waals surface area (Å²) in [5.41, 5.74) is 3.39. The first kappa shape index (κ1) is 20.6. The average Bonchev–Trinajstić information content (AvgIpc) is 3.49. The maximum absolute atomic E-state index is 12.3. The second-order valence-corrected chi connectivity index (χ2v) is 8.04. The Hall–Kier alpha value is -4.26. The number of halogens is 1. The van der Waals surface area contributed by atoms with Crippen molar-refractivity contribution in [1.82, 2.24) is 30.0 Å². The van der Waals surface area contributed by atoms with E-state index in [2.05, 4.69) is 36.3 Å². The Kier molecular flexibility index (Phi) is 5.22. The summed E-state index contributed by atoms with van der Waals surface area (Å²) in [7, 11) is 0. The lowest BCUT2D eigenvalue weighted by molar-refractivity contribution is 0.0951. The number of aromatic amines is 1. The van der Waals surface area contributed by atoms with Gasteiger partial charge in [0.2, 0.25) is 0 Å². The summed E-state index contributed by atoms with van der Waals surface area (Å²) in [6, 6.07) is 11.4. The van der Waals surface area contributed by atoms with Crippen LogP contribution in [0.2, 0.25) is 0 Å². The monoisotopic (exact) mass is 444 g/mol. The number of amides is 1. The molecule has 33 heavy (non-hydrogen) atoms. The molecule has 4 aromatic rings. The standard InChI is InChI=1S/C23H21FN8O/c24-7-10-27-22(33)16-1-3-18(4-2-16)31-13-23(14-31,6-8-25)32-12-17(11-30-32)20-19-5-9-26-21(19)29-15-28-20/h1-5,9,11-12,15H,6-7,10,13-14H2,(H,27,33)(H,26,28,29). The minimum Gasteiger partial charge on any atom is -0.366 e. The smallest absolute Gasteiger partial charge is 0.251 e. The predicted molar refractivity (Wildman–Crippen MR) is 120 cm³/mol. The van der Waals surface area contributed by atoms with Gasteiger partial charge in [0.15, 0.2) is 0 Å². The Labute approximate surface area is 188 Å². The van der Waals surface area contributed by atoms with Gasteiger partial charge in [0, 0.05) is 54.2 Å². The molecule has 0 aliphatic carbocycles. The molecule has 1 aliphatic heterocycles. The van der Waals surface area contributed by atoms with E-state index in [1.807, 2.05) is 35.3 Å². The van der Waals surface area contributed by atoms with E-state index in [9.17, 15) is 14.4 Å². The van der Waals surface area contributed by atoms with Crippen molar-refractivity contribution in [3.8, 4) is 17.3 Å². The number of fused-ring (bicyclic) bond motifs is 1. The SMILES string of the molecule is N#CCC1(n2cc(-c3ncnc4[nH]ccc34)cn2)CN(c2ccc(C(=O)NCCF)cc2)C1.